The summed E-state index contributed by atoms with van der Waals surface area (Å²) in [5, 5.41) is 6.00. The van der Waals surface area contributed by atoms with Crippen LogP contribution >= 0.6 is 0 Å². The minimum atomic E-state index is -0.293. The molecule has 4 heteroatoms. The normalized spacial score (nSPS) is 16.6. The summed E-state index contributed by atoms with van der Waals surface area (Å²) >= 11 is 0. The summed E-state index contributed by atoms with van der Waals surface area (Å²) in [6, 6.07) is -0.293. The van der Waals surface area contributed by atoms with Gasteiger partial charge in [-0.15, -0.1) is 0 Å². The lowest BCUT2D eigenvalue weighted by Gasteiger charge is -1.94. The molecule has 0 fully saturated rings. The van der Waals surface area contributed by atoms with Crippen molar-refractivity contribution in [1.29, 1.82) is 0 Å². The highest BCUT2D eigenvalue weighted by molar-refractivity contribution is 5.79. The molecule has 0 atom stereocenters. The van der Waals surface area contributed by atoms with Crippen LogP contribution in [0.1, 0.15) is 6.42 Å². The Morgan fingerprint density at radius 3 is 3.00 bits per heavy atom. The lowest BCUT2D eigenvalue weighted by Crippen LogP contribution is -2.19. The number of rotatable bonds is 2. The summed E-state index contributed by atoms with van der Waals surface area (Å²) in [5.74, 6) is 0. The fourth-order valence-electron chi connectivity index (χ4n) is 0.621. The maximum atomic E-state index is 10.4. The third kappa shape index (κ3) is 1.43. The van der Waals surface area contributed by atoms with Crippen molar-refractivity contribution in [1.82, 2.24) is 10.6 Å². The van der Waals surface area contributed by atoms with Crippen LogP contribution in [0.3, 0.4) is 0 Å². The van der Waals surface area contributed by atoms with Crippen molar-refractivity contribution in [3.63, 3.8) is 0 Å². The van der Waals surface area contributed by atoms with E-state index in [4.69, 9.17) is 5.73 Å². The van der Waals surface area contributed by atoms with Gasteiger partial charge in [-0.2, -0.15) is 5.32 Å². The molecule has 0 saturated heterocycles. The van der Waals surface area contributed by atoms with Crippen molar-refractivity contribution in [2.45, 2.75) is 6.42 Å². The molecule has 0 aliphatic carbocycles. The molecule has 4 nitrogen and oxygen atoms in total. The third-order valence-corrected chi connectivity index (χ3v) is 1.02. The molecule has 2 amide bonds. The molecule has 0 unspecified atom stereocenters. The lowest BCUT2D eigenvalue weighted by molar-refractivity contribution is 0.248. The zero-order valence-electron chi connectivity index (χ0n) is 4.92. The predicted molar refractivity (Wildman–Crippen MR) is 32.4 cm³/mol. The largest absolute Gasteiger partial charge is 0.345 e. The van der Waals surface area contributed by atoms with E-state index in [0.717, 1.165) is 5.70 Å². The number of carbonyl (C=O) groups is 1. The van der Waals surface area contributed by atoms with Crippen LogP contribution in [0, 0.1) is 0 Å². The highest BCUT2D eigenvalue weighted by Crippen LogP contribution is 1.98. The Bertz CT molecular complexity index is 152. The average Bonchev–Trinajstić information content (AvgIpc) is 2.17. The van der Waals surface area contributed by atoms with Gasteiger partial charge >= 0.3 is 6.03 Å². The molecule has 0 aromatic rings. The summed E-state index contributed by atoms with van der Waals surface area (Å²) in [4.78, 5) is 10.4. The van der Waals surface area contributed by atoms with E-state index in [-0.39, 0.29) is 6.03 Å². The number of urea groups is 1. The molecule has 1 rings (SSSR count). The van der Waals surface area contributed by atoms with Gasteiger partial charge in [0, 0.05) is 12.1 Å². The van der Waals surface area contributed by atoms with Gasteiger partial charge in [-0.05, 0) is 6.54 Å². The van der Waals surface area contributed by atoms with Gasteiger partial charge in [0.25, 0.3) is 0 Å². The Kier molecular flexibility index (Phi) is 1.69. The first-order valence-corrected chi connectivity index (χ1v) is 2.74. The highest BCUT2D eigenvalue weighted by Gasteiger charge is 2.10. The van der Waals surface area contributed by atoms with Crippen LogP contribution in [0.4, 0.5) is 4.79 Å². The van der Waals surface area contributed by atoms with Crippen LogP contribution in [0.2, 0.25) is 0 Å². The van der Waals surface area contributed by atoms with Crippen LogP contribution in [0.25, 0.3) is 0 Å². The molecule has 9 heavy (non-hydrogen) atoms. The Balaban J connectivity index is 2.36. The van der Waals surface area contributed by atoms with Crippen molar-refractivity contribution in [3.8, 4) is 0 Å². The van der Waals surface area contributed by atoms with Crippen molar-refractivity contribution in [3.05, 3.63) is 11.9 Å². The quantitative estimate of drug-likeness (QED) is 0.524. The maximum absolute atomic E-state index is 10.4. The first-order valence-electron chi connectivity index (χ1n) is 2.74. The van der Waals surface area contributed by atoms with Crippen molar-refractivity contribution < 1.29 is 4.79 Å². The number of nitrogens with one attached hydrogen (secondary N) is 1. The number of hydrogen-bond acceptors (Lipinski definition) is 2. The van der Waals surface area contributed by atoms with Crippen molar-refractivity contribution >= 4 is 6.03 Å². The number of nitrogens with zero attached hydrogens (tertiary/aromatic N) is 1. The van der Waals surface area contributed by atoms with Crippen LogP contribution < -0.4 is 16.4 Å². The first kappa shape index (κ1) is 6.10. The molecule has 1 radical (unpaired) electrons. The standard InChI is InChI=1S/C5H8N3O/c6-2-1-4-3-7-5(9)8-4/h3H,1-2,6H2,(H,8,9). The smallest absolute Gasteiger partial charge is 0.330 e. The van der Waals surface area contributed by atoms with Gasteiger partial charge in [0.1, 0.15) is 0 Å². The molecule has 0 aromatic carbocycles. The second-order valence-corrected chi connectivity index (χ2v) is 1.75. The van der Waals surface area contributed by atoms with E-state index in [1.807, 2.05) is 0 Å². The summed E-state index contributed by atoms with van der Waals surface area (Å²) in [7, 11) is 0. The van der Waals surface area contributed by atoms with Crippen LogP contribution in [0.15, 0.2) is 11.9 Å². The van der Waals surface area contributed by atoms with Gasteiger partial charge in [-0.25, -0.2) is 4.79 Å². The second kappa shape index (κ2) is 2.50. The molecule has 0 spiro atoms. The van der Waals surface area contributed by atoms with Gasteiger partial charge in [0.2, 0.25) is 0 Å². The monoisotopic (exact) mass is 126 g/mol. The van der Waals surface area contributed by atoms with Crippen molar-refractivity contribution in [2.75, 3.05) is 6.54 Å². The molecule has 0 bridgehead atoms. The van der Waals surface area contributed by atoms with E-state index in [9.17, 15) is 4.79 Å². The highest BCUT2D eigenvalue weighted by atomic mass is 16.2. The van der Waals surface area contributed by atoms with E-state index in [0.29, 0.717) is 13.0 Å². The van der Waals surface area contributed by atoms with Gasteiger partial charge < -0.3 is 11.1 Å². The fraction of sp³-hybridized carbons (Fsp3) is 0.400. The Labute approximate surface area is 53.1 Å². The summed E-state index contributed by atoms with van der Waals surface area (Å²) < 4.78 is 0. The van der Waals surface area contributed by atoms with Gasteiger partial charge in [-0.1, -0.05) is 0 Å². The average molecular weight is 126 g/mol. The Morgan fingerprint density at radius 2 is 2.56 bits per heavy atom. The lowest BCUT2D eigenvalue weighted by atomic mass is 10.3. The molecule has 49 valence electrons. The number of amides is 2. The van der Waals surface area contributed by atoms with E-state index in [2.05, 4.69) is 10.6 Å². The molecular weight excluding hydrogens is 118 g/mol. The van der Waals surface area contributed by atoms with Crippen LogP contribution in [-0.2, 0) is 0 Å². The van der Waals surface area contributed by atoms with Gasteiger partial charge in [0.15, 0.2) is 0 Å². The van der Waals surface area contributed by atoms with Crippen LogP contribution in [-0.4, -0.2) is 12.6 Å². The molecule has 0 aromatic heterocycles. The number of carbonyl (C=O) groups excluding carboxylic acids is 1. The topological polar surface area (TPSA) is 69.2 Å². The Hall–Kier alpha value is -1.03. The van der Waals surface area contributed by atoms with E-state index < -0.39 is 0 Å². The molecule has 0 saturated carbocycles. The minimum absolute atomic E-state index is 0.293. The van der Waals surface area contributed by atoms with Gasteiger partial charge in [-0.3, -0.25) is 0 Å². The molecule has 3 N–H and O–H groups in total. The zero-order valence-corrected chi connectivity index (χ0v) is 4.92. The Morgan fingerprint density at radius 1 is 1.78 bits per heavy atom. The van der Waals surface area contributed by atoms with Gasteiger partial charge in [0.05, 0.1) is 6.20 Å². The predicted octanol–water partition coefficient (Wildman–Crippen LogP) is -0.496. The van der Waals surface area contributed by atoms with E-state index in [1.54, 1.807) is 0 Å². The number of hydrogen-bond donors (Lipinski definition) is 2. The fourth-order valence-corrected chi connectivity index (χ4v) is 0.621. The summed E-state index contributed by atoms with van der Waals surface area (Å²) in [5.41, 5.74) is 6.03. The van der Waals surface area contributed by atoms with E-state index >= 15 is 0 Å². The first-order chi connectivity index (χ1) is 4.33. The second-order valence-electron chi connectivity index (χ2n) is 1.75. The van der Waals surface area contributed by atoms with Crippen LogP contribution in [0.5, 0.6) is 0 Å². The molecule has 1 heterocycles. The third-order valence-electron chi connectivity index (χ3n) is 1.02. The molecule has 1 aliphatic heterocycles. The molecule has 1 aliphatic rings. The van der Waals surface area contributed by atoms with E-state index in [1.165, 1.54) is 6.20 Å². The van der Waals surface area contributed by atoms with Crippen molar-refractivity contribution in [2.24, 2.45) is 5.73 Å². The number of nitrogens with two attached hydrogens (primary N) is 1. The molecular formula is C5H8N3O. The summed E-state index contributed by atoms with van der Waals surface area (Å²) in [6.07, 6.45) is 2.20. The maximum Gasteiger partial charge on any atom is 0.345 e. The SMILES string of the molecule is NCCC1=C[N]C(=O)N1. The minimum Gasteiger partial charge on any atom is -0.330 e. The summed E-state index contributed by atoms with van der Waals surface area (Å²) in [6.45, 7) is 0.543. The zero-order chi connectivity index (χ0) is 6.69.